The van der Waals surface area contributed by atoms with Crippen LogP contribution >= 0.6 is 0 Å². The van der Waals surface area contributed by atoms with E-state index >= 15 is 0 Å². The number of imidazole rings is 1. The molecule has 8 heteroatoms. The van der Waals surface area contributed by atoms with Gasteiger partial charge in [-0.05, 0) is 25.7 Å². The van der Waals surface area contributed by atoms with Crippen molar-refractivity contribution in [3.8, 4) is 0 Å². The van der Waals surface area contributed by atoms with Crippen molar-refractivity contribution in [2.24, 2.45) is 0 Å². The number of piperidine rings is 1. The number of hydrogen-bond acceptors (Lipinski definition) is 6. The number of hydrogen-bond donors (Lipinski definition) is 1. The van der Waals surface area contributed by atoms with Crippen LogP contribution in [0.3, 0.4) is 0 Å². The first-order chi connectivity index (χ1) is 13.7. The molecule has 0 atom stereocenters. The van der Waals surface area contributed by atoms with Crippen LogP contribution in [0.2, 0.25) is 0 Å². The molecule has 28 heavy (non-hydrogen) atoms. The van der Waals surface area contributed by atoms with Crippen LogP contribution in [-0.4, -0.2) is 82.6 Å². The van der Waals surface area contributed by atoms with Crippen molar-refractivity contribution in [1.82, 2.24) is 24.7 Å². The number of aryl methyl sites for hydroxylation is 1. The SMILES string of the molecule is O=C(Cn1ccnc1CCC(=O)N1CCC(N2CCNCC2)CC1)OC1CC1. The summed E-state index contributed by atoms with van der Waals surface area (Å²) in [6.45, 7) is 6.23. The Morgan fingerprint density at radius 3 is 2.57 bits per heavy atom. The third kappa shape index (κ3) is 5.11. The smallest absolute Gasteiger partial charge is 0.326 e. The monoisotopic (exact) mass is 389 g/mol. The summed E-state index contributed by atoms with van der Waals surface area (Å²) in [4.78, 5) is 33.4. The average molecular weight is 390 g/mol. The molecule has 3 fully saturated rings. The minimum absolute atomic E-state index is 0.116. The summed E-state index contributed by atoms with van der Waals surface area (Å²) in [5, 5.41) is 3.40. The molecule has 8 nitrogen and oxygen atoms in total. The molecule has 0 radical (unpaired) electrons. The lowest BCUT2D eigenvalue weighted by Gasteiger charge is -2.40. The maximum atomic E-state index is 12.6. The van der Waals surface area contributed by atoms with Crippen LogP contribution in [0, 0.1) is 0 Å². The van der Waals surface area contributed by atoms with Crippen molar-refractivity contribution >= 4 is 11.9 Å². The van der Waals surface area contributed by atoms with Crippen molar-refractivity contribution in [3.63, 3.8) is 0 Å². The molecule has 1 saturated carbocycles. The lowest BCUT2D eigenvalue weighted by molar-refractivity contribution is -0.145. The summed E-state index contributed by atoms with van der Waals surface area (Å²) < 4.78 is 7.10. The van der Waals surface area contributed by atoms with Gasteiger partial charge in [0.05, 0.1) is 0 Å². The van der Waals surface area contributed by atoms with Gasteiger partial charge in [-0.15, -0.1) is 0 Å². The first kappa shape index (κ1) is 19.4. The highest BCUT2D eigenvalue weighted by Gasteiger charge is 2.28. The average Bonchev–Trinajstić information content (AvgIpc) is 3.43. The Labute approximate surface area is 166 Å². The molecule has 4 rings (SSSR count). The van der Waals surface area contributed by atoms with Crippen LogP contribution in [0.5, 0.6) is 0 Å². The molecule has 2 saturated heterocycles. The van der Waals surface area contributed by atoms with E-state index < -0.39 is 0 Å². The zero-order valence-corrected chi connectivity index (χ0v) is 16.5. The predicted molar refractivity (Wildman–Crippen MR) is 104 cm³/mol. The van der Waals surface area contributed by atoms with Gasteiger partial charge in [-0.3, -0.25) is 14.5 Å². The summed E-state index contributed by atoms with van der Waals surface area (Å²) in [6.07, 6.45) is 8.65. The summed E-state index contributed by atoms with van der Waals surface area (Å²) >= 11 is 0. The molecule has 0 unspecified atom stereocenters. The third-order valence-corrected chi connectivity index (χ3v) is 5.97. The number of carbonyl (C=O) groups is 2. The highest BCUT2D eigenvalue weighted by Crippen LogP contribution is 2.23. The largest absolute Gasteiger partial charge is 0.461 e. The molecule has 3 aliphatic rings. The summed E-state index contributed by atoms with van der Waals surface area (Å²) in [5.41, 5.74) is 0. The first-order valence-electron chi connectivity index (χ1n) is 10.6. The number of aromatic nitrogens is 2. The molecule has 0 bridgehead atoms. The topological polar surface area (TPSA) is 79.7 Å². The molecule has 3 heterocycles. The fraction of sp³-hybridized carbons (Fsp3) is 0.750. The Morgan fingerprint density at radius 1 is 1.11 bits per heavy atom. The van der Waals surface area contributed by atoms with Crippen LogP contribution in [0.1, 0.15) is 37.9 Å². The second kappa shape index (κ2) is 9.05. The highest BCUT2D eigenvalue weighted by molar-refractivity contribution is 5.76. The standard InChI is InChI=1S/C20H31N5O3/c26-19(24-10-5-16(6-11-24)23-12-7-21-8-13-23)4-3-18-22-9-14-25(18)15-20(27)28-17-1-2-17/h9,14,16-17,21H,1-8,10-13,15H2. The molecule has 0 aromatic carbocycles. The van der Waals surface area contributed by atoms with Gasteiger partial charge in [-0.2, -0.15) is 0 Å². The molecule has 0 spiro atoms. The molecular formula is C20H31N5O3. The van der Waals surface area contributed by atoms with Crippen molar-refractivity contribution in [3.05, 3.63) is 18.2 Å². The van der Waals surface area contributed by atoms with E-state index in [2.05, 4.69) is 15.2 Å². The lowest BCUT2D eigenvalue weighted by atomic mass is 10.0. The Kier molecular flexibility index (Phi) is 6.26. The van der Waals surface area contributed by atoms with Crippen molar-refractivity contribution in [2.45, 2.75) is 57.2 Å². The zero-order valence-electron chi connectivity index (χ0n) is 16.5. The maximum Gasteiger partial charge on any atom is 0.326 e. The molecule has 1 N–H and O–H groups in total. The fourth-order valence-corrected chi connectivity index (χ4v) is 4.16. The summed E-state index contributed by atoms with van der Waals surface area (Å²) in [6, 6.07) is 0.613. The van der Waals surface area contributed by atoms with Gasteiger partial charge in [-0.25, -0.2) is 4.98 Å². The van der Waals surface area contributed by atoms with Gasteiger partial charge in [-0.1, -0.05) is 0 Å². The number of rotatable bonds is 7. The van der Waals surface area contributed by atoms with E-state index in [0.29, 0.717) is 18.9 Å². The van der Waals surface area contributed by atoms with E-state index in [1.807, 2.05) is 4.90 Å². The van der Waals surface area contributed by atoms with Crippen LogP contribution in [-0.2, 0) is 27.3 Å². The summed E-state index contributed by atoms with van der Waals surface area (Å²) in [7, 11) is 0. The van der Waals surface area contributed by atoms with Gasteiger partial charge in [0.1, 0.15) is 18.5 Å². The Bertz CT molecular complexity index is 673. The Morgan fingerprint density at radius 2 is 1.86 bits per heavy atom. The number of ether oxygens (including phenoxy) is 1. The lowest BCUT2D eigenvalue weighted by Crippen LogP contribution is -2.52. The van der Waals surface area contributed by atoms with E-state index in [1.54, 1.807) is 17.0 Å². The maximum absolute atomic E-state index is 12.6. The number of nitrogens with one attached hydrogen (secondary N) is 1. The highest BCUT2D eigenvalue weighted by atomic mass is 16.5. The van der Waals surface area contributed by atoms with Crippen molar-refractivity contribution in [1.29, 1.82) is 0 Å². The van der Waals surface area contributed by atoms with Gasteiger partial charge in [0.2, 0.25) is 5.91 Å². The molecule has 154 valence electrons. The fourth-order valence-electron chi connectivity index (χ4n) is 4.16. The number of nitrogens with zero attached hydrogens (tertiary/aromatic N) is 4. The predicted octanol–water partition coefficient (Wildman–Crippen LogP) is 0.418. The van der Waals surface area contributed by atoms with Crippen molar-refractivity contribution in [2.75, 3.05) is 39.3 Å². The van der Waals surface area contributed by atoms with Gasteiger partial charge in [0, 0.05) is 70.5 Å². The van der Waals surface area contributed by atoms with Gasteiger partial charge >= 0.3 is 5.97 Å². The van der Waals surface area contributed by atoms with Crippen molar-refractivity contribution < 1.29 is 14.3 Å². The van der Waals surface area contributed by atoms with Crippen LogP contribution < -0.4 is 5.32 Å². The minimum Gasteiger partial charge on any atom is -0.461 e. The van der Waals surface area contributed by atoms with E-state index in [0.717, 1.165) is 70.8 Å². The minimum atomic E-state index is -0.219. The molecule has 1 aliphatic carbocycles. The van der Waals surface area contributed by atoms with Crippen LogP contribution in [0.25, 0.3) is 0 Å². The third-order valence-electron chi connectivity index (χ3n) is 5.97. The molecular weight excluding hydrogens is 358 g/mol. The van der Waals surface area contributed by atoms with Gasteiger partial charge < -0.3 is 19.5 Å². The van der Waals surface area contributed by atoms with Gasteiger partial charge in [0.15, 0.2) is 0 Å². The van der Waals surface area contributed by atoms with E-state index in [4.69, 9.17) is 4.74 Å². The molecule has 1 amide bonds. The first-order valence-corrected chi connectivity index (χ1v) is 10.6. The second-order valence-electron chi connectivity index (χ2n) is 8.06. The quantitative estimate of drug-likeness (QED) is 0.681. The summed E-state index contributed by atoms with van der Waals surface area (Å²) in [5.74, 6) is 0.744. The molecule has 2 aliphatic heterocycles. The van der Waals surface area contributed by atoms with Crippen LogP contribution in [0.15, 0.2) is 12.4 Å². The number of esters is 1. The molecule has 1 aromatic rings. The normalized spacial score (nSPS) is 21.6. The zero-order chi connectivity index (χ0) is 19.3. The Balaban J connectivity index is 1.20. The number of piperazine rings is 1. The number of carbonyl (C=O) groups excluding carboxylic acids is 2. The van der Waals surface area contributed by atoms with Crippen LogP contribution in [0.4, 0.5) is 0 Å². The van der Waals surface area contributed by atoms with E-state index in [1.165, 1.54) is 0 Å². The van der Waals surface area contributed by atoms with E-state index in [9.17, 15) is 9.59 Å². The number of amides is 1. The van der Waals surface area contributed by atoms with E-state index in [-0.39, 0.29) is 24.5 Å². The molecule has 1 aromatic heterocycles. The number of likely N-dealkylation sites (tertiary alicyclic amines) is 1. The Hall–Kier alpha value is -1.93. The second-order valence-corrected chi connectivity index (χ2v) is 8.06. The van der Waals surface area contributed by atoms with Gasteiger partial charge in [0.25, 0.3) is 0 Å².